The number of aryl methyl sites for hydroxylation is 1. The van der Waals surface area contributed by atoms with Crippen molar-refractivity contribution in [1.29, 1.82) is 0 Å². The van der Waals surface area contributed by atoms with Crippen LogP contribution in [-0.4, -0.2) is 36.9 Å². The van der Waals surface area contributed by atoms with Crippen molar-refractivity contribution in [2.75, 3.05) is 25.1 Å². The van der Waals surface area contributed by atoms with E-state index in [-0.39, 0.29) is 11.6 Å². The summed E-state index contributed by atoms with van der Waals surface area (Å²) in [6.45, 7) is 3.97. The predicted octanol–water partition coefficient (Wildman–Crippen LogP) is 2.24. The second-order valence-corrected chi connectivity index (χ2v) is 5.23. The molecule has 1 fully saturated rings. The van der Waals surface area contributed by atoms with Gasteiger partial charge in [-0.2, -0.15) is 0 Å². The largest absolute Gasteiger partial charge is 0.478 e. The number of anilines is 1. The highest BCUT2D eigenvalue weighted by atomic mass is 16.5. The predicted molar refractivity (Wildman–Crippen MR) is 78.7 cm³/mol. The Morgan fingerprint density at radius 1 is 1.43 bits per heavy atom. The maximum Gasteiger partial charge on any atom is 0.335 e. The molecule has 1 heterocycles. The number of benzene rings is 1. The third kappa shape index (κ3) is 4.46. The number of amides is 2. The van der Waals surface area contributed by atoms with Crippen LogP contribution in [0.5, 0.6) is 0 Å². The molecular weight excluding hydrogens is 272 g/mol. The highest BCUT2D eigenvalue weighted by molar-refractivity contribution is 5.93. The summed E-state index contributed by atoms with van der Waals surface area (Å²) < 4.78 is 5.28. The summed E-state index contributed by atoms with van der Waals surface area (Å²) in [6.07, 6.45) is 1.94. The lowest BCUT2D eigenvalue weighted by Crippen LogP contribution is -2.30. The van der Waals surface area contributed by atoms with Crippen molar-refractivity contribution < 1.29 is 19.4 Å². The molecule has 0 aromatic heterocycles. The molecule has 2 rings (SSSR count). The molecule has 0 saturated carbocycles. The van der Waals surface area contributed by atoms with Crippen LogP contribution in [-0.2, 0) is 4.74 Å². The van der Waals surface area contributed by atoms with Crippen LogP contribution < -0.4 is 10.6 Å². The molecule has 114 valence electrons. The number of carboxylic acids is 1. The maximum absolute atomic E-state index is 11.8. The molecule has 21 heavy (non-hydrogen) atoms. The van der Waals surface area contributed by atoms with E-state index in [1.165, 1.54) is 12.1 Å². The molecule has 6 heteroatoms. The lowest BCUT2D eigenvalue weighted by Gasteiger charge is -2.12. The fourth-order valence-corrected chi connectivity index (χ4v) is 2.26. The normalized spacial score (nSPS) is 17.5. The number of nitrogens with one attached hydrogen (secondary N) is 2. The van der Waals surface area contributed by atoms with Gasteiger partial charge in [0.25, 0.3) is 0 Å². The molecule has 0 radical (unpaired) electrons. The summed E-state index contributed by atoms with van der Waals surface area (Å²) in [6, 6.07) is 4.33. The van der Waals surface area contributed by atoms with Crippen LogP contribution in [0.2, 0.25) is 0 Å². The number of carbonyl (C=O) groups is 2. The number of carboxylic acid groups (broad SMARTS) is 1. The van der Waals surface area contributed by atoms with E-state index >= 15 is 0 Å². The van der Waals surface area contributed by atoms with Crippen LogP contribution in [0.4, 0.5) is 10.5 Å². The minimum atomic E-state index is -1.01. The summed E-state index contributed by atoms with van der Waals surface area (Å²) in [5.74, 6) is -0.498. The summed E-state index contributed by atoms with van der Waals surface area (Å²) in [5.41, 5.74) is 1.48. The molecule has 1 saturated heterocycles. The number of ether oxygens (including phenoxy) is 1. The summed E-state index contributed by atoms with van der Waals surface area (Å²) in [5, 5.41) is 14.4. The van der Waals surface area contributed by atoms with Gasteiger partial charge in [-0.15, -0.1) is 0 Å². The van der Waals surface area contributed by atoms with Gasteiger partial charge in [0.05, 0.1) is 5.56 Å². The molecule has 3 N–H and O–H groups in total. The molecule has 1 atom stereocenters. The molecule has 0 spiro atoms. The second kappa shape index (κ2) is 7.08. The topological polar surface area (TPSA) is 87.7 Å². The van der Waals surface area contributed by atoms with Crippen LogP contribution in [0.15, 0.2) is 18.2 Å². The summed E-state index contributed by atoms with van der Waals surface area (Å²) in [7, 11) is 0. The van der Waals surface area contributed by atoms with Crippen molar-refractivity contribution in [3.05, 3.63) is 29.3 Å². The molecular formula is C15H20N2O4. The number of hydrogen-bond acceptors (Lipinski definition) is 3. The monoisotopic (exact) mass is 292 g/mol. The Morgan fingerprint density at radius 3 is 2.90 bits per heavy atom. The number of aromatic carboxylic acids is 1. The molecule has 1 aromatic carbocycles. The summed E-state index contributed by atoms with van der Waals surface area (Å²) >= 11 is 0. The Kier molecular flexibility index (Phi) is 5.16. The smallest absolute Gasteiger partial charge is 0.335 e. The van der Waals surface area contributed by atoms with E-state index in [2.05, 4.69) is 10.6 Å². The zero-order valence-corrected chi connectivity index (χ0v) is 12.0. The average Bonchev–Trinajstić information content (AvgIpc) is 2.94. The van der Waals surface area contributed by atoms with Gasteiger partial charge in [-0.05, 0) is 43.4 Å². The van der Waals surface area contributed by atoms with E-state index in [9.17, 15) is 9.59 Å². The van der Waals surface area contributed by atoms with Crippen LogP contribution in [0, 0.1) is 12.8 Å². The van der Waals surface area contributed by atoms with Crippen molar-refractivity contribution in [3.63, 3.8) is 0 Å². The molecule has 1 aliphatic rings. The van der Waals surface area contributed by atoms with E-state index in [0.717, 1.165) is 31.6 Å². The van der Waals surface area contributed by atoms with E-state index < -0.39 is 5.97 Å². The highest BCUT2D eigenvalue weighted by Gasteiger charge is 2.15. The lowest BCUT2D eigenvalue weighted by atomic mass is 10.1. The van der Waals surface area contributed by atoms with Gasteiger partial charge < -0.3 is 20.5 Å². The molecule has 1 unspecified atom stereocenters. The van der Waals surface area contributed by atoms with Gasteiger partial charge in [-0.25, -0.2) is 9.59 Å². The average molecular weight is 292 g/mol. The zero-order chi connectivity index (χ0) is 15.2. The molecule has 6 nitrogen and oxygen atoms in total. The fraction of sp³-hybridized carbons (Fsp3) is 0.467. The Morgan fingerprint density at radius 2 is 2.24 bits per heavy atom. The standard InChI is InChI=1S/C15H20N2O4/c1-10-2-3-12(14(18)19)8-13(10)17-15(20)16-6-4-11-5-7-21-9-11/h2-3,8,11H,4-7,9H2,1H3,(H,18,19)(H2,16,17,20). The van der Waals surface area contributed by atoms with Crippen LogP contribution in [0.25, 0.3) is 0 Å². The number of urea groups is 1. The van der Waals surface area contributed by atoms with Crippen LogP contribution in [0.1, 0.15) is 28.8 Å². The SMILES string of the molecule is Cc1ccc(C(=O)O)cc1NC(=O)NCCC1CCOC1. The first-order valence-electron chi connectivity index (χ1n) is 7.03. The van der Waals surface area contributed by atoms with Crippen molar-refractivity contribution in [3.8, 4) is 0 Å². The molecule has 1 aromatic rings. The fourth-order valence-electron chi connectivity index (χ4n) is 2.26. The second-order valence-electron chi connectivity index (χ2n) is 5.23. The quantitative estimate of drug-likeness (QED) is 0.776. The molecule has 0 bridgehead atoms. The Labute approximate surface area is 123 Å². The molecule has 2 amide bonds. The van der Waals surface area contributed by atoms with E-state index in [4.69, 9.17) is 9.84 Å². The van der Waals surface area contributed by atoms with Gasteiger partial charge in [-0.1, -0.05) is 6.07 Å². The Hall–Kier alpha value is -2.08. The summed E-state index contributed by atoms with van der Waals surface area (Å²) in [4.78, 5) is 22.7. The highest BCUT2D eigenvalue weighted by Crippen LogP contribution is 2.17. The third-order valence-corrected chi connectivity index (χ3v) is 3.59. The lowest BCUT2D eigenvalue weighted by molar-refractivity contribution is 0.0697. The van der Waals surface area contributed by atoms with E-state index in [1.807, 2.05) is 6.92 Å². The first kappa shape index (κ1) is 15.3. The van der Waals surface area contributed by atoms with Gasteiger partial charge in [0.15, 0.2) is 0 Å². The van der Waals surface area contributed by atoms with Crippen molar-refractivity contribution in [2.24, 2.45) is 5.92 Å². The zero-order valence-electron chi connectivity index (χ0n) is 12.0. The Bertz CT molecular complexity index is 524. The minimum Gasteiger partial charge on any atom is -0.478 e. The van der Waals surface area contributed by atoms with E-state index in [1.54, 1.807) is 6.07 Å². The Balaban J connectivity index is 1.84. The van der Waals surface area contributed by atoms with Gasteiger partial charge >= 0.3 is 12.0 Å². The van der Waals surface area contributed by atoms with Gasteiger partial charge in [0.2, 0.25) is 0 Å². The first-order valence-corrected chi connectivity index (χ1v) is 7.03. The maximum atomic E-state index is 11.8. The number of rotatable bonds is 5. The van der Waals surface area contributed by atoms with Gasteiger partial charge in [-0.3, -0.25) is 0 Å². The van der Waals surface area contributed by atoms with E-state index in [0.29, 0.717) is 18.2 Å². The van der Waals surface area contributed by atoms with Gasteiger partial charge in [0.1, 0.15) is 0 Å². The molecule has 0 aliphatic carbocycles. The number of hydrogen-bond donors (Lipinski definition) is 3. The van der Waals surface area contributed by atoms with Crippen LogP contribution >= 0.6 is 0 Å². The van der Waals surface area contributed by atoms with Crippen molar-refractivity contribution in [1.82, 2.24) is 5.32 Å². The third-order valence-electron chi connectivity index (χ3n) is 3.59. The molecule has 1 aliphatic heterocycles. The number of carbonyl (C=O) groups excluding carboxylic acids is 1. The van der Waals surface area contributed by atoms with Crippen LogP contribution in [0.3, 0.4) is 0 Å². The van der Waals surface area contributed by atoms with Crippen molar-refractivity contribution in [2.45, 2.75) is 19.8 Å². The first-order chi connectivity index (χ1) is 10.1. The van der Waals surface area contributed by atoms with Crippen molar-refractivity contribution >= 4 is 17.7 Å². The minimum absolute atomic E-state index is 0.152. The van der Waals surface area contributed by atoms with Gasteiger partial charge in [0, 0.05) is 25.4 Å².